The zero-order valence-electron chi connectivity index (χ0n) is 11.8. The van der Waals surface area contributed by atoms with Gasteiger partial charge >= 0.3 is 0 Å². The van der Waals surface area contributed by atoms with E-state index >= 15 is 0 Å². The van der Waals surface area contributed by atoms with Crippen molar-refractivity contribution in [1.29, 1.82) is 0 Å². The van der Waals surface area contributed by atoms with Gasteiger partial charge in [-0.3, -0.25) is 4.79 Å². The van der Waals surface area contributed by atoms with Crippen molar-refractivity contribution >= 4 is 46.6 Å². The van der Waals surface area contributed by atoms with Crippen molar-refractivity contribution in [3.8, 4) is 0 Å². The molecule has 0 rings (SSSR count). The molecule has 0 unspecified atom stereocenters. The second kappa shape index (κ2) is 7.22. The highest BCUT2D eigenvalue weighted by Crippen LogP contribution is 2.37. The first kappa shape index (κ1) is 18.3. The van der Waals surface area contributed by atoms with Crippen LogP contribution in [0.3, 0.4) is 0 Å². The van der Waals surface area contributed by atoms with Gasteiger partial charge in [0.1, 0.15) is 6.10 Å². The molecule has 0 fully saturated rings. The smallest absolute Gasteiger partial charge is 0.293 e. The van der Waals surface area contributed by atoms with Crippen LogP contribution in [0.15, 0.2) is 9.47 Å². The van der Waals surface area contributed by atoms with Crippen LogP contribution in [0.5, 0.6) is 0 Å². The van der Waals surface area contributed by atoms with Gasteiger partial charge in [-0.15, -0.1) is 0 Å². The minimum Gasteiger partial charge on any atom is -0.458 e. The molecule has 0 N–H and O–H groups in total. The van der Waals surface area contributed by atoms with E-state index in [-0.39, 0.29) is 11.1 Å². The second-order valence-electron chi connectivity index (χ2n) is 5.74. The van der Waals surface area contributed by atoms with Gasteiger partial charge in [-0.2, -0.15) is 0 Å². The Balaban J connectivity index is 4.85. The number of carbonyl (C=O) groups excluding carboxylic acids is 1. The summed E-state index contributed by atoms with van der Waals surface area (Å²) in [6.07, 6.45) is 1.19. The van der Waals surface area contributed by atoms with E-state index in [1.54, 1.807) is 6.08 Å². The molecular weight excluding hydrogens is 380 g/mol. The molecule has 2 atom stereocenters. The van der Waals surface area contributed by atoms with E-state index in [0.717, 1.165) is 3.39 Å². The lowest BCUT2D eigenvalue weighted by atomic mass is 10.2. The second-order valence-corrected chi connectivity index (χ2v) is 13.3. The number of ether oxygens (including phenoxy) is 1. The summed E-state index contributed by atoms with van der Waals surface area (Å²) in [5.41, 5.74) is 0. The first-order valence-corrected chi connectivity index (χ1v) is 10.3. The first-order chi connectivity index (χ1) is 8.01. The third-order valence-electron chi connectivity index (χ3n) is 3.25. The average molecular weight is 402 g/mol. The molecule has 6 heteroatoms. The Morgan fingerprint density at radius 1 is 1.28 bits per heavy atom. The van der Waals surface area contributed by atoms with E-state index in [0.29, 0.717) is 6.47 Å². The van der Waals surface area contributed by atoms with Gasteiger partial charge in [0.15, 0.2) is 8.32 Å². The molecule has 0 radical (unpaired) electrons. The zero-order valence-corrected chi connectivity index (χ0v) is 16.0. The van der Waals surface area contributed by atoms with Crippen LogP contribution in [0.25, 0.3) is 0 Å². The molecule has 0 spiro atoms. The summed E-state index contributed by atoms with van der Waals surface area (Å²) in [5.74, 6) is 0. The molecule has 0 aliphatic carbocycles. The topological polar surface area (TPSA) is 35.5 Å². The molecular formula is C12H22Br2O3Si. The maximum Gasteiger partial charge on any atom is 0.293 e. The molecule has 0 aromatic carbocycles. The van der Waals surface area contributed by atoms with E-state index in [2.05, 4.69) is 65.7 Å². The molecule has 0 saturated heterocycles. The normalized spacial score (nSPS) is 15.8. The number of hydrogen-bond donors (Lipinski definition) is 0. The molecule has 0 bridgehead atoms. The Labute approximate surface area is 128 Å². The SMILES string of the molecule is C[C@@H](O[Si](C)(C)C(C)(C)C)[C@H](C=C(Br)Br)OC=O. The maximum atomic E-state index is 10.5. The Morgan fingerprint density at radius 3 is 2.11 bits per heavy atom. The van der Waals surface area contributed by atoms with Gasteiger partial charge in [0.25, 0.3) is 6.47 Å². The standard InChI is InChI=1S/C12H22Br2O3Si/c1-9(10(16-8-15)7-11(13)14)17-18(5,6)12(2,3)4/h7-10H,1-6H3/t9-,10+/m1/s1. The van der Waals surface area contributed by atoms with Crippen LogP contribution in [-0.4, -0.2) is 27.0 Å². The molecule has 106 valence electrons. The lowest BCUT2D eigenvalue weighted by Gasteiger charge is -2.39. The molecule has 0 aliphatic rings. The average Bonchev–Trinajstić information content (AvgIpc) is 2.13. The van der Waals surface area contributed by atoms with Crippen molar-refractivity contribution in [1.82, 2.24) is 0 Å². The van der Waals surface area contributed by atoms with Crippen LogP contribution in [0, 0.1) is 0 Å². The third-order valence-corrected chi connectivity index (χ3v) is 8.35. The van der Waals surface area contributed by atoms with Crippen molar-refractivity contribution < 1.29 is 14.0 Å². The zero-order chi connectivity index (χ0) is 14.6. The number of rotatable bonds is 6. The van der Waals surface area contributed by atoms with Crippen LogP contribution < -0.4 is 0 Å². The van der Waals surface area contributed by atoms with Crippen molar-refractivity contribution in [2.45, 2.75) is 58.0 Å². The van der Waals surface area contributed by atoms with Gasteiger partial charge in [0.05, 0.1) is 9.50 Å². The minimum absolute atomic E-state index is 0.127. The molecule has 0 aromatic heterocycles. The highest BCUT2D eigenvalue weighted by molar-refractivity contribution is 9.28. The Hall–Kier alpha value is 0.347. The predicted octanol–water partition coefficient (Wildman–Crippen LogP) is 4.57. The summed E-state index contributed by atoms with van der Waals surface area (Å²) in [6, 6.07) is 0. The van der Waals surface area contributed by atoms with Gasteiger partial charge < -0.3 is 9.16 Å². The van der Waals surface area contributed by atoms with Gasteiger partial charge in [0.2, 0.25) is 0 Å². The quantitative estimate of drug-likeness (QED) is 0.483. The Kier molecular flexibility index (Phi) is 7.35. The van der Waals surface area contributed by atoms with E-state index in [1.165, 1.54) is 0 Å². The van der Waals surface area contributed by atoms with E-state index in [4.69, 9.17) is 9.16 Å². The number of carbonyl (C=O) groups is 1. The fourth-order valence-electron chi connectivity index (χ4n) is 1.18. The number of hydrogen-bond acceptors (Lipinski definition) is 3. The maximum absolute atomic E-state index is 10.5. The highest BCUT2D eigenvalue weighted by atomic mass is 79.9. The van der Waals surface area contributed by atoms with Gasteiger partial charge in [0, 0.05) is 0 Å². The van der Waals surface area contributed by atoms with Crippen molar-refractivity contribution in [3.63, 3.8) is 0 Å². The molecule has 18 heavy (non-hydrogen) atoms. The molecule has 0 aliphatic heterocycles. The lowest BCUT2D eigenvalue weighted by Crippen LogP contribution is -2.46. The Bertz CT molecular complexity index is 307. The van der Waals surface area contributed by atoms with Crippen LogP contribution in [0.1, 0.15) is 27.7 Å². The van der Waals surface area contributed by atoms with Crippen LogP contribution in [-0.2, 0) is 14.0 Å². The van der Waals surface area contributed by atoms with Crippen LogP contribution >= 0.6 is 31.9 Å². The van der Waals surface area contributed by atoms with E-state index in [9.17, 15) is 4.79 Å². The van der Waals surface area contributed by atoms with E-state index in [1.807, 2.05) is 6.92 Å². The summed E-state index contributed by atoms with van der Waals surface area (Å²) in [6.45, 7) is 13.3. The monoisotopic (exact) mass is 400 g/mol. The predicted molar refractivity (Wildman–Crippen MR) is 84.6 cm³/mol. The van der Waals surface area contributed by atoms with E-state index < -0.39 is 14.4 Å². The Morgan fingerprint density at radius 2 is 1.78 bits per heavy atom. The molecule has 0 amide bonds. The number of halogens is 2. The van der Waals surface area contributed by atoms with Crippen molar-refractivity contribution in [2.75, 3.05) is 0 Å². The first-order valence-electron chi connectivity index (χ1n) is 5.81. The van der Waals surface area contributed by atoms with Crippen LogP contribution in [0.2, 0.25) is 18.1 Å². The summed E-state index contributed by atoms with van der Waals surface area (Å²) in [5, 5.41) is 0.127. The van der Waals surface area contributed by atoms with Gasteiger partial charge in [-0.1, -0.05) is 20.8 Å². The van der Waals surface area contributed by atoms with Crippen molar-refractivity contribution in [2.24, 2.45) is 0 Å². The van der Waals surface area contributed by atoms with Gasteiger partial charge in [-0.05, 0) is 63.0 Å². The molecule has 0 heterocycles. The molecule has 0 saturated carbocycles. The minimum atomic E-state index is -1.87. The summed E-state index contributed by atoms with van der Waals surface area (Å²) in [4.78, 5) is 10.5. The largest absolute Gasteiger partial charge is 0.458 e. The molecule has 3 nitrogen and oxygen atoms in total. The molecule has 0 aromatic rings. The fraction of sp³-hybridized carbons (Fsp3) is 0.750. The lowest BCUT2D eigenvalue weighted by molar-refractivity contribution is -0.135. The van der Waals surface area contributed by atoms with Crippen LogP contribution in [0.4, 0.5) is 0 Å². The summed E-state index contributed by atoms with van der Waals surface area (Å²) in [7, 11) is -1.87. The van der Waals surface area contributed by atoms with Crippen molar-refractivity contribution in [3.05, 3.63) is 9.47 Å². The fourth-order valence-corrected chi connectivity index (χ4v) is 3.12. The summed E-state index contributed by atoms with van der Waals surface area (Å²) >= 11 is 6.54. The third kappa shape index (κ3) is 5.99. The van der Waals surface area contributed by atoms with Gasteiger partial charge in [-0.25, -0.2) is 0 Å². The highest BCUT2D eigenvalue weighted by Gasteiger charge is 2.39. The summed E-state index contributed by atoms with van der Waals surface area (Å²) < 4.78 is 12.0.